The summed E-state index contributed by atoms with van der Waals surface area (Å²) in [5.41, 5.74) is 5.81. The Morgan fingerprint density at radius 2 is 1.97 bits per heavy atom. The van der Waals surface area contributed by atoms with Crippen LogP contribution in [0.15, 0.2) is 57.6 Å². The van der Waals surface area contributed by atoms with Crippen molar-refractivity contribution >= 4 is 16.8 Å². The summed E-state index contributed by atoms with van der Waals surface area (Å²) in [6, 6.07) is 16.7. The fourth-order valence-electron chi connectivity index (χ4n) is 4.51. The molecule has 31 heavy (non-hydrogen) atoms. The molecule has 1 aliphatic heterocycles. The van der Waals surface area contributed by atoms with E-state index in [2.05, 4.69) is 47.1 Å². The Labute approximate surface area is 181 Å². The lowest BCUT2D eigenvalue weighted by Crippen LogP contribution is -2.31. The smallest absolute Gasteiger partial charge is 0.264 e. The first-order chi connectivity index (χ1) is 15.1. The molecule has 3 heterocycles. The number of likely N-dealkylation sites (N-methyl/N-ethyl adjacent to an activating group) is 1. The average molecular weight is 412 g/mol. The second-order valence-electron chi connectivity index (χ2n) is 8.23. The first kappa shape index (κ1) is 19.4. The van der Waals surface area contributed by atoms with E-state index in [0.717, 1.165) is 41.9 Å². The molecule has 0 N–H and O–H groups in total. The highest BCUT2D eigenvalue weighted by Gasteiger charge is 2.32. The fraction of sp³-hybridized carbons (Fsp3) is 0.280. The van der Waals surface area contributed by atoms with E-state index in [1.165, 1.54) is 0 Å². The maximum Gasteiger partial charge on any atom is 0.264 e. The van der Waals surface area contributed by atoms with Gasteiger partial charge >= 0.3 is 0 Å². The predicted octanol–water partition coefficient (Wildman–Crippen LogP) is 5.08. The number of benzene rings is 2. The molecule has 0 saturated carbocycles. The van der Waals surface area contributed by atoms with Gasteiger partial charge in [-0.15, -0.1) is 0 Å². The quantitative estimate of drug-likeness (QED) is 0.466. The van der Waals surface area contributed by atoms with E-state index in [0.29, 0.717) is 34.4 Å². The van der Waals surface area contributed by atoms with E-state index in [1.54, 1.807) is 12.3 Å². The van der Waals surface area contributed by atoms with Gasteiger partial charge < -0.3 is 18.6 Å². The lowest BCUT2D eigenvalue weighted by atomic mass is 9.93. The van der Waals surface area contributed by atoms with Crippen LogP contribution in [0, 0.1) is 18.3 Å². The summed E-state index contributed by atoms with van der Waals surface area (Å²) < 4.78 is 11.8. The van der Waals surface area contributed by atoms with Crippen LogP contribution in [0.25, 0.3) is 33.9 Å². The van der Waals surface area contributed by atoms with Gasteiger partial charge in [-0.05, 0) is 50.7 Å². The maximum atomic E-state index is 10.0. The average Bonchev–Trinajstić information content (AvgIpc) is 3.53. The molecule has 6 heteroatoms. The Balaban J connectivity index is 1.82. The minimum absolute atomic E-state index is 0.394. The molecule has 1 fully saturated rings. The number of rotatable bonds is 4. The fourth-order valence-corrected chi connectivity index (χ4v) is 4.51. The van der Waals surface area contributed by atoms with E-state index >= 15 is 0 Å². The van der Waals surface area contributed by atoms with Gasteiger partial charge in [0.25, 0.3) is 5.89 Å². The Morgan fingerprint density at radius 3 is 2.61 bits per heavy atom. The first-order valence-corrected chi connectivity index (χ1v) is 10.5. The topological polar surface area (TPSA) is 69.4 Å². The van der Waals surface area contributed by atoms with Gasteiger partial charge in [0.1, 0.15) is 11.6 Å². The maximum absolute atomic E-state index is 10.0. The zero-order chi connectivity index (χ0) is 21.5. The number of furan rings is 1. The minimum Gasteiger partial charge on any atom is -0.459 e. The number of nitriles is 1. The van der Waals surface area contributed by atoms with Crippen molar-refractivity contribution in [2.45, 2.75) is 19.4 Å². The van der Waals surface area contributed by atoms with Crippen LogP contribution in [-0.4, -0.2) is 43.1 Å². The standard InChI is InChI=1S/C25H24N4O2/c1-16-19(14-26)22-24(31-25(27-22)20-10-7-13-30-20)23(21(16)17-8-5-4-6-9-17)29-12-11-18(15-29)28(2)3/h4-10,13,18H,11-12,15H2,1-3H3. The monoisotopic (exact) mass is 412 g/mol. The summed E-state index contributed by atoms with van der Waals surface area (Å²) in [5, 5.41) is 10.0. The first-order valence-electron chi connectivity index (χ1n) is 10.5. The Morgan fingerprint density at radius 1 is 1.16 bits per heavy atom. The molecule has 1 saturated heterocycles. The Bertz CT molecular complexity index is 1270. The number of oxazole rings is 1. The highest BCUT2D eigenvalue weighted by Crippen LogP contribution is 2.45. The Kier molecular flexibility index (Phi) is 4.76. The third-order valence-corrected chi connectivity index (χ3v) is 6.18. The lowest BCUT2D eigenvalue weighted by molar-refractivity contribution is 0.315. The van der Waals surface area contributed by atoms with Gasteiger partial charge in [0.2, 0.25) is 0 Å². The van der Waals surface area contributed by atoms with Gasteiger partial charge in [0.15, 0.2) is 11.3 Å². The van der Waals surface area contributed by atoms with Gasteiger partial charge in [0, 0.05) is 24.7 Å². The van der Waals surface area contributed by atoms with Gasteiger partial charge in [-0.3, -0.25) is 0 Å². The van der Waals surface area contributed by atoms with Gasteiger partial charge in [0.05, 0.1) is 17.5 Å². The highest BCUT2D eigenvalue weighted by molar-refractivity contribution is 6.03. The van der Waals surface area contributed by atoms with Crippen molar-refractivity contribution < 1.29 is 8.83 Å². The van der Waals surface area contributed by atoms with E-state index in [9.17, 15) is 5.26 Å². The number of anilines is 1. The van der Waals surface area contributed by atoms with E-state index in [1.807, 2.05) is 31.2 Å². The van der Waals surface area contributed by atoms with Crippen LogP contribution in [-0.2, 0) is 0 Å². The Hall–Kier alpha value is -3.56. The van der Waals surface area contributed by atoms with Crippen LogP contribution in [0.1, 0.15) is 17.5 Å². The third-order valence-electron chi connectivity index (χ3n) is 6.18. The lowest BCUT2D eigenvalue weighted by Gasteiger charge is -2.25. The van der Waals surface area contributed by atoms with E-state index < -0.39 is 0 Å². The van der Waals surface area contributed by atoms with Gasteiger partial charge in [-0.2, -0.15) is 5.26 Å². The molecule has 0 aliphatic carbocycles. The molecule has 6 nitrogen and oxygen atoms in total. The van der Waals surface area contributed by atoms with Crippen molar-refractivity contribution in [2.75, 3.05) is 32.1 Å². The molecule has 4 aromatic rings. The molecule has 1 aliphatic rings. The molecule has 0 amide bonds. The van der Waals surface area contributed by atoms with E-state index in [4.69, 9.17) is 8.83 Å². The van der Waals surface area contributed by atoms with E-state index in [-0.39, 0.29) is 0 Å². The molecule has 0 radical (unpaired) electrons. The van der Waals surface area contributed by atoms with Crippen LogP contribution in [0.2, 0.25) is 0 Å². The second-order valence-corrected chi connectivity index (χ2v) is 8.23. The molecule has 0 bridgehead atoms. The largest absolute Gasteiger partial charge is 0.459 e. The zero-order valence-corrected chi connectivity index (χ0v) is 17.9. The molecular formula is C25H24N4O2. The van der Waals surface area contributed by atoms with Crippen molar-refractivity contribution in [1.29, 1.82) is 5.26 Å². The molecule has 0 spiro atoms. The molecule has 2 aromatic carbocycles. The van der Waals surface area contributed by atoms with Crippen molar-refractivity contribution in [2.24, 2.45) is 0 Å². The number of nitrogens with zero attached hydrogens (tertiary/aromatic N) is 4. The van der Waals surface area contributed by atoms with Crippen molar-refractivity contribution in [3.8, 4) is 28.8 Å². The third kappa shape index (κ3) is 3.18. The van der Waals surface area contributed by atoms with Crippen LogP contribution in [0.3, 0.4) is 0 Å². The van der Waals surface area contributed by atoms with Crippen LogP contribution >= 0.6 is 0 Å². The summed E-state index contributed by atoms with van der Waals surface area (Å²) in [7, 11) is 4.24. The zero-order valence-electron chi connectivity index (χ0n) is 17.9. The normalized spacial score (nSPS) is 16.4. The highest BCUT2D eigenvalue weighted by atomic mass is 16.4. The number of fused-ring (bicyclic) bond motifs is 1. The predicted molar refractivity (Wildman–Crippen MR) is 121 cm³/mol. The molecule has 2 aromatic heterocycles. The molecule has 156 valence electrons. The summed E-state index contributed by atoms with van der Waals surface area (Å²) in [6.45, 7) is 3.81. The number of hydrogen-bond donors (Lipinski definition) is 0. The number of aromatic nitrogens is 1. The minimum atomic E-state index is 0.394. The molecular weight excluding hydrogens is 388 g/mol. The summed E-state index contributed by atoms with van der Waals surface area (Å²) in [4.78, 5) is 9.33. The summed E-state index contributed by atoms with van der Waals surface area (Å²) in [5.74, 6) is 0.947. The molecule has 1 unspecified atom stereocenters. The van der Waals surface area contributed by atoms with Gasteiger partial charge in [-0.25, -0.2) is 4.98 Å². The van der Waals surface area contributed by atoms with Crippen LogP contribution < -0.4 is 4.90 Å². The summed E-state index contributed by atoms with van der Waals surface area (Å²) >= 11 is 0. The SMILES string of the molecule is Cc1c(-c2ccccc2)c(N2CCC(N(C)C)C2)c2oc(-c3ccco3)nc2c1C#N. The van der Waals surface area contributed by atoms with Crippen LogP contribution in [0.4, 0.5) is 5.69 Å². The summed E-state index contributed by atoms with van der Waals surface area (Å²) in [6.07, 6.45) is 2.67. The van der Waals surface area contributed by atoms with Gasteiger partial charge in [-0.1, -0.05) is 30.3 Å². The molecule has 5 rings (SSSR count). The second kappa shape index (κ2) is 7.60. The van der Waals surface area contributed by atoms with Crippen molar-refractivity contribution in [1.82, 2.24) is 9.88 Å². The van der Waals surface area contributed by atoms with Crippen molar-refractivity contribution in [3.63, 3.8) is 0 Å². The molecule has 1 atom stereocenters. The van der Waals surface area contributed by atoms with Crippen molar-refractivity contribution in [3.05, 3.63) is 59.9 Å². The number of hydrogen-bond acceptors (Lipinski definition) is 6. The van der Waals surface area contributed by atoms with Crippen LogP contribution in [0.5, 0.6) is 0 Å².